The predicted octanol–water partition coefficient (Wildman–Crippen LogP) is 2.01. The molecule has 0 saturated heterocycles. The van der Waals surface area contributed by atoms with Gasteiger partial charge in [0.05, 0.1) is 11.9 Å². The zero-order valence-electron chi connectivity index (χ0n) is 9.95. The molecule has 0 fully saturated rings. The Hall–Kier alpha value is -2.43. The molecule has 5 nitrogen and oxygen atoms in total. The first kappa shape index (κ1) is 10.7. The van der Waals surface area contributed by atoms with Crippen molar-refractivity contribution in [3.63, 3.8) is 0 Å². The molecule has 0 saturated carbocycles. The van der Waals surface area contributed by atoms with Crippen molar-refractivity contribution >= 4 is 5.65 Å². The molecule has 0 bridgehead atoms. The molecule has 3 aromatic rings. The fourth-order valence-electron chi connectivity index (χ4n) is 1.74. The summed E-state index contributed by atoms with van der Waals surface area (Å²) in [5.74, 6) is 0.674. The summed E-state index contributed by atoms with van der Waals surface area (Å²) < 4.78 is 7.42. The van der Waals surface area contributed by atoms with Gasteiger partial charge in [0.15, 0.2) is 5.65 Å². The van der Waals surface area contributed by atoms with E-state index in [0.29, 0.717) is 12.5 Å². The summed E-state index contributed by atoms with van der Waals surface area (Å²) in [6, 6.07) is 9.46. The molecule has 0 aromatic carbocycles. The Morgan fingerprint density at radius 1 is 1.22 bits per heavy atom. The Bertz CT molecular complexity index is 663. The highest BCUT2D eigenvalue weighted by Crippen LogP contribution is 2.15. The van der Waals surface area contributed by atoms with Gasteiger partial charge >= 0.3 is 0 Å². The van der Waals surface area contributed by atoms with Crippen molar-refractivity contribution in [1.29, 1.82) is 0 Å². The second-order valence-electron chi connectivity index (χ2n) is 3.95. The molecule has 0 aliphatic rings. The minimum absolute atomic E-state index is 0.416. The van der Waals surface area contributed by atoms with Crippen LogP contribution in [0.15, 0.2) is 42.7 Å². The van der Waals surface area contributed by atoms with E-state index in [1.165, 1.54) is 0 Å². The molecule has 0 radical (unpaired) electrons. The zero-order chi connectivity index (χ0) is 12.4. The van der Waals surface area contributed by atoms with Crippen LogP contribution in [-0.4, -0.2) is 19.6 Å². The van der Waals surface area contributed by atoms with Crippen LogP contribution in [0.5, 0.6) is 5.88 Å². The van der Waals surface area contributed by atoms with E-state index in [0.717, 1.165) is 17.0 Å². The number of aryl methyl sites for hydroxylation is 1. The highest BCUT2D eigenvalue weighted by Gasteiger charge is 2.05. The molecule has 90 valence electrons. The highest BCUT2D eigenvalue weighted by atomic mass is 16.5. The van der Waals surface area contributed by atoms with Gasteiger partial charge in [0, 0.05) is 24.0 Å². The Kier molecular flexibility index (Phi) is 2.64. The van der Waals surface area contributed by atoms with Gasteiger partial charge in [0.25, 0.3) is 0 Å². The monoisotopic (exact) mass is 240 g/mol. The lowest BCUT2D eigenvalue weighted by Crippen LogP contribution is -2.04. The van der Waals surface area contributed by atoms with E-state index in [4.69, 9.17) is 4.74 Å². The number of hydrogen-bond donors (Lipinski definition) is 0. The first-order valence-corrected chi connectivity index (χ1v) is 5.67. The molecule has 3 rings (SSSR count). The van der Waals surface area contributed by atoms with Crippen molar-refractivity contribution in [2.45, 2.75) is 13.5 Å². The van der Waals surface area contributed by atoms with Crippen LogP contribution in [0.2, 0.25) is 0 Å². The number of ether oxygens (including phenoxy) is 1. The van der Waals surface area contributed by atoms with Crippen molar-refractivity contribution in [3.8, 4) is 5.88 Å². The number of pyridine rings is 1. The van der Waals surface area contributed by atoms with Crippen molar-refractivity contribution < 1.29 is 4.74 Å². The van der Waals surface area contributed by atoms with Gasteiger partial charge in [0.1, 0.15) is 6.61 Å². The summed E-state index contributed by atoms with van der Waals surface area (Å²) >= 11 is 0. The molecule has 0 amide bonds. The van der Waals surface area contributed by atoms with E-state index in [1.54, 1.807) is 16.9 Å². The molecule has 0 aliphatic heterocycles. The van der Waals surface area contributed by atoms with Crippen molar-refractivity contribution in [1.82, 2.24) is 19.6 Å². The van der Waals surface area contributed by atoms with Crippen molar-refractivity contribution in [3.05, 3.63) is 54.1 Å². The van der Waals surface area contributed by atoms with Crippen LogP contribution in [0, 0.1) is 6.92 Å². The second kappa shape index (κ2) is 4.44. The van der Waals surface area contributed by atoms with E-state index < -0.39 is 0 Å². The minimum Gasteiger partial charge on any atom is -0.471 e. The second-order valence-corrected chi connectivity index (χ2v) is 3.95. The van der Waals surface area contributed by atoms with Gasteiger partial charge in [-0.3, -0.25) is 4.98 Å². The number of rotatable bonds is 3. The topological polar surface area (TPSA) is 52.3 Å². The molecular formula is C13H12N4O. The zero-order valence-corrected chi connectivity index (χ0v) is 9.95. The maximum atomic E-state index is 5.74. The number of nitrogens with zero attached hydrogens (tertiary/aromatic N) is 4. The van der Waals surface area contributed by atoms with Crippen molar-refractivity contribution in [2.75, 3.05) is 0 Å². The molecule has 0 N–H and O–H groups in total. The van der Waals surface area contributed by atoms with Crippen LogP contribution in [0.4, 0.5) is 0 Å². The molecule has 0 atom stereocenters. The van der Waals surface area contributed by atoms with Gasteiger partial charge in [-0.1, -0.05) is 6.07 Å². The van der Waals surface area contributed by atoms with Gasteiger partial charge in [-0.15, -0.1) is 0 Å². The van der Waals surface area contributed by atoms with Crippen molar-refractivity contribution in [2.24, 2.45) is 0 Å². The van der Waals surface area contributed by atoms with Crippen LogP contribution < -0.4 is 4.74 Å². The largest absolute Gasteiger partial charge is 0.471 e. The Morgan fingerprint density at radius 3 is 3.00 bits per heavy atom. The van der Waals surface area contributed by atoms with Gasteiger partial charge in [0.2, 0.25) is 5.88 Å². The maximum absolute atomic E-state index is 5.74. The van der Waals surface area contributed by atoms with Gasteiger partial charge in [-0.05, 0) is 19.1 Å². The Balaban J connectivity index is 1.88. The summed E-state index contributed by atoms with van der Waals surface area (Å²) in [5, 5.41) is 4.18. The molecule has 5 heteroatoms. The molecule has 0 unspecified atom stereocenters. The lowest BCUT2D eigenvalue weighted by molar-refractivity contribution is 0.281. The molecule has 0 aliphatic carbocycles. The summed E-state index contributed by atoms with van der Waals surface area (Å²) in [6.45, 7) is 2.35. The first-order chi connectivity index (χ1) is 8.83. The molecule has 3 aromatic heterocycles. The van der Waals surface area contributed by atoms with Gasteiger partial charge < -0.3 is 4.74 Å². The fourth-order valence-corrected chi connectivity index (χ4v) is 1.74. The van der Waals surface area contributed by atoms with Crippen LogP contribution in [0.1, 0.15) is 11.4 Å². The Labute approximate surface area is 104 Å². The van der Waals surface area contributed by atoms with E-state index in [1.807, 2.05) is 37.3 Å². The number of fused-ring (bicyclic) bond motifs is 1. The minimum atomic E-state index is 0.416. The summed E-state index contributed by atoms with van der Waals surface area (Å²) in [4.78, 5) is 8.57. The first-order valence-electron chi connectivity index (χ1n) is 5.67. The predicted molar refractivity (Wildman–Crippen MR) is 66.3 cm³/mol. The molecule has 0 spiro atoms. The van der Waals surface area contributed by atoms with E-state index >= 15 is 0 Å². The van der Waals surface area contributed by atoms with E-state index in [-0.39, 0.29) is 0 Å². The average molecular weight is 240 g/mol. The van der Waals surface area contributed by atoms with Gasteiger partial charge in [-0.25, -0.2) is 4.98 Å². The number of hydrogen-bond acceptors (Lipinski definition) is 4. The standard InChI is InChI=1S/C13H12N4O/c1-10-8-13(17-12(16-10)5-7-15-17)18-9-11-4-2-3-6-14-11/h2-8H,9H2,1H3. The lowest BCUT2D eigenvalue weighted by Gasteiger charge is -2.08. The maximum Gasteiger partial charge on any atom is 0.218 e. The summed E-state index contributed by atoms with van der Waals surface area (Å²) in [7, 11) is 0. The molecule has 18 heavy (non-hydrogen) atoms. The van der Waals surface area contributed by atoms with Crippen LogP contribution in [-0.2, 0) is 6.61 Å². The third kappa shape index (κ3) is 2.02. The third-order valence-corrected chi connectivity index (χ3v) is 2.55. The van der Waals surface area contributed by atoms with Gasteiger partial charge in [-0.2, -0.15) is 9.61 Å². The van der Waals surface area contributed by atoms with Crippen LogP contribution >= 0.6 is 0 Å². The SMILES string of the molecule is Cc1cc(OCc2ccccn2)n2nccc2n1. The normalized spacial score (nSPS) is 10.7. The Morgan fingerprint density at radius 2 is 2.17 bits per heavy atom. The van der Waals surface area contributed by atoms with E-state index in [2.05, 4.69) is 15.1 Å². The van der Waals surface area contributed by atoms with E-state index in [9.17, 15) is 0 Å². The number of aromatic nitrogens is 4. The summed E-state index contributed by atoms with van der Waals surface area (Å²) in [6.07, 6.45) is 3.45. The molecule has 3 heterocycles. The average Bonchev–Trinajstić information content (AvgIpc) is 2.85. The van der Waals surface area contributed by atoms with Crippen LogP contribution in [0.25, 0.3) is 5.65 Å². The quantitative estimate of drug-likeness (QED) is 0.702. The third-order valence-electron chi connectivity index (χ3n) is 2.55. The molecular weight excluding hydrogens is 228 g/mol. The summed E-state index contributed by atoms with van der Waals surface area (Å²) in [5.41, 5.74) is 2.57. The smallest absolute Gasteiger partial charge is 0.218 e. The fraction of sp³-hybridized carbons (Fsp3) is 0.154. The lowest BCUT2D eigenvalue weighted by atomic mass is 10.4. The van der Waals surface area contributed by atoms with Crippen LogP contribution in [0.3, 0.4) is 0 Å². The highest BCUT2D eigenvalue weighted by molar-refractivity contribution is 5.40.